The Kier molecular flexibility index (Phi) is 2.32. The maximum Gasteiger partial charge on any atom is 0.224 e. The molecule has 2 aromatic rings. The second kappa shape index (κ2) is 3.85. The van der Waals surface area contributed by atoms with E-state index >= 15 is 0 Å². The molecule has 1 saturated heterocycles. The fourth-order valence-electron chi connectivity index (χ4n) is 2.06. The van der Waals surface area contributed by atoms with Gasteiger partial charge in [-0.2, -0.15) is 15.1 Å². The molecule has 1 fully saturated rings. The average molecular weight is 234 g/mol. The Morgan fingerprint density at radius 2 is 2.41 bits per heavy atom. The molecule has 2 unspecified atom stereocenters. The number of H-pyrrole nitrogens is 1. The number of anilines is 2. The van der Waals surface area contributed by atoms with Crippen molar-refractivity contribution in [3.05, 3.63) is 6.20 Å². The third-order valence-corrected chi connectivity index (χ3v) is 3.03. The van der Waals surface area contributed by atoms with Crippen molar-refractivity contribution in [2.45, 2.75) is 25.5 Å². The van der Waals surface area contributed by atoms with Gasteiger partial charge in [-0.1, -0.05) is 0 Å². The van der Waals surface area contributed by atoms with Crippen LogP contribution >= 0.6 is 0 Å². The maximum atomic E-state index is 5.65. The fraction of sp³-hybridized carbons (Fsp3) is 0.500. The van der Waals surface area contributed by atoms with Crippen LogP contribution in [0.4, 0.5) is 11.8 Å². The Morgan fingerprint density at radius 3 is 3.18 bits per heavy atom. The van der Waals surface area contributed by atoms with Crippen molar-refractivity contribution < 1.29 is 4.74 Å². The molecule has 0 radical (unpaired) electrons. The Balaban J connectivity index is 1.96. The SMILES string of the molecule is CC1OCCC1Nc1nc(N)nc2[nH]ncc12. The topological polar surface area (TPSA) is 102 Å². The quantitative estimate of drug-likeness (QED) is 0.700. The standard InChI is InChI=1S/C10H14N6O/c1-5-7(2-3-17-5)13-8-6-4-12-16-9(6)15-10(11)14-8/h4-5,7H,2-3H2,1H3,(H4,11,12,13,14,15,16). The fourth-order valence-corrected chi connectivity index (χ4v) is 2.06. The third kappa shape index (κ3) is 1.78. The highest BCUT2D eigenvalue weighted by atomic mass is 16.5. The second-order valence-electron chi connectivity index (χ2n) is 4.18. The van der Waals surface area contributed by atoms with E-state index in [0.29, 0.717) is 11.5 Å². The Hall–Kier alpha value is -1.89. The number of nitrogens with zero attached hydrogens (tertiary/aromatic N) is 3. The summed E-state index contributed by atoms with van der Waals surface area (Å²) >= 11 is 0. The number of nitrogens with two attached hydrogens (primary N) is 1. The summed E-state index contributed by atoms with van der Waals surface area (Å²) in [5, 5.41) is 10.9. The van der Waals surface area contributed by atoms with E-state index in [4.69, 9.17) is 10.5 Å². The number of aromatic nitrogens is 4. The van der Waals surface area contributed by atoms with E-state index in [1.54, 1.807) is 6.20 Å². The summed E-state index contributed by atoms with van der Waals surface area (Å²) in [6.45, 7) is 2.82. The second-order valence-corrected chi connectivity index (χ2v) is 4.18. The van der Waals surface area contributed by atoms with Gasteiger partial charge in [0.1, 0.15) is 5.82 Å². The minimum absolute atomic E-state index is 0.174. The zero-order valence-corrected chi connectivity index (χ0v) is 9.47. The minimum Gasteiger partial charge on any atom is -0.376 e. The summed E-state index contributed by atoms with van der Waals surface area (Å²) in [4.78, 5) is 8.28. The maximum absolute atomic E-state index is 5.65. The van der Waals surface area contributed by atoms with Gasteiger partial charge in [0.15, 0.2) is 5.65 Å². The molecule has 0 saturated carbocycles. The number of nitrogens with one attached hydrogen (secondary N) is 2. The van der Waals surface area contributed by atoms with Crippen molar-refractivity contribution in [1.29, 1.82) is 0 Å². The molecule has 1 aliphatic heterocycles. The predicted octanol–water partition coefficient (Wildman–Crippen LogP) is 0.524. The zero-order valence-electron chi connectivity index (χ0n) is 9.47. The first-order valence-electron chi connectivity index (χ1n) is 5.59. The molecule has 1 aliphatic rings. The molecule has 0 aliphatic carbocycles. The first-order chi connectivity index (χ1) is 8.24. The van der Waals surface area contributed by atoms with Crippen molar-refractivity contribution in [2.24, 2.45) is 0 Å². The van der Waals surface area contributed by atoms with Gasteiger partial charge in [-0.05, 0) is 13.3 Å². The summed E-state index contributed by atoms with van der Waals surface area (Å²) in [7, 11) is 0. The first-order valence-corrected chi connectivity index (χ1v) is 5.59. The molecule has 90 valence electrons. The van der Waals surface area contributed by atoms with Crippen LogP contribution in [0.2, 0.25) is 0 Å². The Bertz CT molecular complexity index is 539. The number of hydrogen-bond donors (Lipinski definition) is 3. The van der Waals surface area contributed by atoms with Crippen LogP contribution in [0, 0.1) is 0 Å². The smallest absolute Gasteiger partial charge is 0.224 e. The van der Waals surface area contributed by atoms with Crippen LogP contribution in [-0.4, -0.2) is 38.9 Å². The largest absolute Gasteiger partial charge is 0.376 e. The molecule has 0 bridgehead atoms. The number of hydrogen-bond acceptors (Lipinski definition) is 6. The van der Waals surface area contributed by atoms with Gasteiger partial charge in [0.25, 0.3) is 0 Å². The van der Waals surface area contributed by atoms with E-state index in [0.717, 1.165) is 18.4 Å². The van der Waals surface area contributed by atoms with Crippen molar-refractivity contribution in [2.75, 3.05) is 17.7 Å². The highest BCUT2D eigenvalue weighted by Crippen LogP contribution is 2.23. The van der Waals surface area contributed by atoms with Crippen LogP contribution in [0.25, 0.3) is 11.0 Å². The number of ether oxygens (including phenoxy) is 1. The lowest BCUT2D eigenvalue weighted by atomic mass is 10.1. The number of nitrogen functional groups attached to an aromatic ring is 1. The monoisotopic (exact) mass is 234 g/mol. The van der Waals surface area contributed by atoms with Crippen LogP contribution in [0.1, 0.15) is 13.3 Å². The van der Waals surface area contributed by atoms with Gasteiger partial charge in [0.05, 0.1) is 23.7 Å². The van der Waals surface area contributed by atoms with E-state index in [2.05, 4.69) is 25.5 Å². The van der Waals surface area contributed by atoms with Crippen LogP contribution in [0.15, 0.2) is 6.20 Å². The average Bonchev–Trinajstić information content (AvgIpc) is 2.88. The molecule has 0 aromatic carbocycles. The molecule has 0 amide bonds. The van der Waals surface area contributed by atoms with Gasteiger partial charge in [-0.15, -0.1) is 0 Å². The van der Waals surface area contributed by atoms with Crippen LogP contribution in [0.3, 0.4) is 0 Å². The first kappa shape index (κ1) is 10.3. The summed E-state index contributed by atoms with van der Waals surface area (Å²) in [5.74, 6) is 0.944. The summed E-state index contributed by atoms with van der Waals surface area (Å²) in [6, 6.07) is 0.252. The van der Waals surface area contributed by atoms with Crippen molar-refractivity contribution in [3.8, 4) is 0 Å². The van der Waals surface area contributed by atoms with Gasteiger partial charge in [0.2, 0.25) is 5.95 Å². The molecular weight excluding hydrogens is 220 g/mol. The van der Waals surface area contributed by atoms with Gasteiger partial charge in [-0.25, -0.2) is 0 Å². The van der Waals surface area contributed by atoms with Crippen molar-refractivity contribution in [1.82, 2.24) is 20.2 Å². The van der Waals surface area contributed by atoms with E-state index in [1.165, 1.54) is 0 Å². The Labute approximate surface area is 97.8 Å². The normalized spacial score (nSPS) is 24.3. The molecule has 2 aromatic heterocycles. The summed E-state index contributed by atoms with van der Waals surface area (Å²) in [6.07, 6.45) is 2.83. The minimum atomic E-state index is 0.174. The number of rotatable bonds is 2. The van der Waals surface area contributed by atoms with Gasteiger partial charge >= 0.3 is 0 Å². The molecule has 4 N–H and O–H groups in total. The van der Waals surface area contributed by atoms with Crippen molar-refractivity contribution in [3.63, 3.8) is 0 Å². The summed E-state index contributed by atoms with van der Waals surface area (Å²) in [5.41, 5.74) is 6.30. The van der Waals surface area contributed by atoms with E-state index in [-0.39, 0.29) is 18.1 Å². The highest BCUT2D eigenvalue weighted by Gasteiger charge is 2.25. The van der Waals surface area contributed by atoms with Crippen LogP contribution in [-0.2, 0) is 4.74 Å². The highest BCUT2D eigenvalue weighted by molar-refractivity contribution is 5.86. The summed E-state index contributed by atoms with van der Waals surface area (Å²) < 4.78 is 5.50. The van der Waals surface area contributed by atoms with Crippen molar-refractivity contribution >= 4 is 22.8 Å². The Morgan fingerprint density at radius 1 is 1.53 bits per heavy atom. The van der Waals surface area contributed by atoms with Gasteiger partial charge < -0.3 is 15.8 Å². The lowest BCUT2D eigenvalue weighted by Crippen LogP contribution is -2.27. The van der Waals surface area contributed by atoms with Crippen LogP contribution < -0.4 is 11.1 Å². The molecule has 17 heavy (non-hydrogen) atoms. The molecular formula is C10H14N6O. The van der Waals surface area contributed by atoms with E-state index in [9.17, 15) is 0 Å². The molecule has 3 heterocycles. The molecule has 7 heteroatoms. The molecule has 7 nitrogen and oxygen atoms in total. The van der Waals surface area contributed by atoms with Gasteiger partial charge in [0, 0.05) is 6.61 Å². The molecule has 2 atom stereocenters. The van der Waals surface area contributed by atoms with Gasteiger partial charge in [-0.3, -0.25) is 5.10 Å². The van der Waals surface area contributed by atoms with E-state index < -0.39 is 0 Å². The zero-order chi connectivity index (χ0) is 11.8. The van der Waals surface area contributed by atoms with Crippen LogP contribution in [0.5, 0.6) is 0 Å². The predicted molar refractivity (Wildman–Crippen MR) is 63.5 cm³/mol. The lowest BCUT2D eigenvalue weighted by molar-refractivity contribution is 0.121. The number of aromatic amines is 1. The third-order valence-electron chi connectivity index (χ3n) is 3.03. The molecule has 3 rings (SSSR count). The molecule has 0 spiro atoms. The van der Waals surface area contributed by atoms with E-state index in [1.807, 2.05) is 6.92 Å². The number of fused-ring (bicyclic) bond motifs is 1. The lowest BCUT2D eigenvalue weighted by Gasteiger charge is -2.16.